The molecule has 15 heavy (non-hydrogen) atoms. The first-order valence-corrected chi connectivity index (χ1v) is 3.72. The number of hydrogen-bond donors (Lipinski definition) is 0. The van der Waals surface area contributed by atoms with Gasteiger partial charge in [-0.05, 0) is 0 Å². The van der Waals surface area contributed by atoms with Gasteiger partial charge in [-0.15, -0.1) is 0 Å². The Labute approximate surface area is 81.3 Å². The molecule has 0 radical (unpaired) electrons. The van der Waals surface area contributed by atoms with Gasteiger partial charge in [0.2, 0.25) is 5.65 Å². The van der Waals surface area contributed by atoms with E-state index in [0.29, 0.717) is 0 Å². The van der Waals surface area contributed by atoms with E-state index < -0.39 is 21.2 Å². The summed E-state index contributed by atoms with van der Waals surface area (Å²) in [7, 11) is 0. The van der Waals surface area contributed by atoms with Crippen LogP contribution in [0.5, 0.6) is 0 Å². The number of aromatic nitrogens is 3. The van der Waals surface area contributed by atoms with Crippen LogP contribution in [-0.4, -0.2) is 24.4 Å². The summed E-state index contributed by atoms with van der Waals surface area (Å²) in [5.41, 5.74) is -0.869. The normalized spacial score (nSPS) is 10.4. The lowest BCUT2D eigenvalue weighted by atomic mass is 10.3. The van der Waals surface area contributed by atoms with Crippen molar-refractivity contribution in [3.8, 4) is 0 Å². The molecule has 0 aliphatic rings. The first-order chi connectivity index (χ1) is 7.09. The Morgan fingerprint density at radius 3 is 2.60 bits per heavy atom. The number of nitro groups is 2. The number of hydrogen-bond acceptors (Lipinski definition) is 6. The lowest BCUT2D eigenvalue weighted by molar-refractivity contribution is -0.393. The zero-order chi connectivity index (χ0) is 11.0. The molecular formula is C6H3N5O4. The molecule has 0 unspecified atom stereocenters. The minimum atomic E-state index is -0.739. The highest BCUT2D eigenvalue weighted by molar-refractivity contribution is 5.61. The minimum absolute atomic E-state index is 0.0226. The van der Waals surface area contributed by atoms with Crippen molar-refractivity contribution >= 4 is 17.0 Å². The average Bonchev–Trinajstić information content (AvgIpc) is 2.62. The molecule has 0 N–H and O–H groups in total. The number of fused-ring (bicyclic) bond motifs is 1. The summed E-state index contributed by atoms with van der Waals surface area (Å²) in [6, 6.07) is 0.851. The zero-order valence-electron chi connectivity index (χ0n) is 7.10. The van der Waals surface area contributed by atoms with Crippen LogP contribution in [0.15, 0.2) is 18.6 Å². The van der Waals surface area contributed by atoms with Crippen LogP contribution in [0.4, 0.5) is 11.4 Å². The second kappa shape index (κ2) is 2.97. The molecule has 0 atom stereocenters. The van der Waals surface area contributed by atoms with Gasteiger partial charge in [-0.1, -0.05) is 0 Å². The second-order valence-corrected chi connectivity index (χ2v) is 2.63. The maximum atomic E-state index is 10.6. The third-order valence-corrected chi connectivity index (χ3v) is 1.75. The largest absolute Gasteiger partial charge is 0.320 e. The average molecular weight is 209 g/mol. The molecule has 76 valence electrons. The molecule has 0 amide bonds. The van der Waals surface area contributed by atoms with Crippen LogP contribution in [0.2, 0.25) is 0 Å². The van der Waals surface area contributed by atoms with Gasteiger partial charge in [-0.25, -0.2) is 9.50 Å². The van der Waals surface area contributed by atoms with Crippen LogP contribution in [0, 0.1) is 20.2 Å². The third-order valence-electron chi connectivity index (χ3n) is 1.75. The molecule has 0 spiro atoms. The van der Waals surface area contributed by atoms with E-state index in [4.69, 9.17) is 0 Å². The van der Waals surface area contributed by atoms with E-state index in [1.165, 1.54) is 0 Å². The van der Waals surface area contributed by atoms with Crippen LogP contribution < -0.4 is 0 Å². The van der Waals surface area contributed by atoms with Crippen LogP contribution in [-0.2, 0) is 0 Å². The van der Waals surface area contributed by atoms with E-state index in [1.807, 2.05) is 0 Å². The smallest absolute Gasteiger partial charge is 0.258 e. The Balaban J connectivity index is 2.80. The first-order valence-electron chi connectivity index (χ1n) is 3.72. The van der Waals surface area contributed by atoms with Crippen molar-refractivity contribution in [2.45, 2.75) is 0 Å². The number of nitrogens with zero attached hydrogens (tertiary/aromatic N) is 5. The molecule has 0 saturated carbocycles. The van der Waals surface area contributed by atoms with Crippen molar-refractivity contribution in [2.24, 2.45) is 0 Å². The molecular weight excluding hydrogens is 206 g/mol. The van der Waals surface area contributed by atoms with E-state index in [-0.39, 0.29) is 5.65 Å². The van der Waals surface area contributed by atoms with Gasteiger partial charge in [0.25, 0.3) is 5.69 Å². The van der Waals surface area contributed by atoms with Crippen LogP contribution in [0.3, 0.4) is 0 Å². The van der Waals surface area contributed by atoms with Crippen molar-refractivity contribution in [3.63, 3.8) is 0 Å². The molecule has 2 aromatic heterocycles. The fourth-order valence-electron chi connectivity index (χ4n) is 1.13. The van der Waals surface area contributed by atoms with Gasteiger partial charge in [0, 0.05) is 0 Å². The van der Waals surface area contributed by atoms with Crippen molar-refractivity contribution in [2.75, 3.05) is 0 Å². The molecule has 2 aromatic rings. The standard InChI is InChI=1S/C6H3N5O4/c12-10(13)4-1-5(11(14)15)6-7-3-8-9(6)2-4/h1-3H. The van der Waals surface area contributed by atoms with Crippen molar-refractivity contribution in [1.29, 1.82) is 0 Å². The monoisotopic (exact) mass is 209 g/mol. The Morgan fingerprint density at radius 1 is 1.27 bits per heavy atom. The molecule has 2 rings (SSSR count). The third kappa shape index (κ3) is 1.35. The topological polar surface area (TPSA) is 116 Å². The SMILES string of the molecule is O=[N+]([O-])c1cc([N+](=O)[O-])c2ncnn2c1. The molecule has 0 aromatic carbocycles. The van der Waals surface area contributed by atoms with E-state index in [2.05, 4.69) is 10.1 Å². The van der Waals surface area contributed by atoms with Crippen molar-refractivity contribution in [1.82, 2.24) is 14.6 Å². The summed E-state index contributed by atoms with van der Waals surface area (Å²) >= 11 is 0. The minimum Gasteiger partial charge on any atom is -0.258 e. The summed E-state index contributed by atoms with van der Waals surface area (Å²) in [4.78, 5) is 23.2. The summed E-state index contributed by atoms with van der Waals surface area (Å²) in [6.07, 6.45) is 2.15. The second-order valence-electron chi connectivity index (χ2n) is 2.63. The van der Waals surface area contributed by atoms with E-state index in [0.717, 1.165) is 23.1 Å². The predicted octanol–water partition coefficient (Wildman–Crippen LogP) is 0.546. The molecule has 9 nitrogen and oxygen atoms in total. The predicted molar refractivity (Wildman–Crippen MR) is 46.3 cm³/mol. The zero-order valence-corrected chi connectivity index (χ0v) is 7.10. The van der Waals surface area contributed by atoms with Crippen LogP contribution >= 0.6 is 0 Å². The van der Waals surface area contributed by atoms with Gasteiger partial charge in [0.1, 0.15) is 12.5 Å². The van der Waals surface area contributed by atoms with Gasteiger partial charge < -0.3 is 0 Å². The van der Waals surface area contributed by atoms with E-state index in [1.54, 1.807) is 0 Å². The Kier molecular flexibility index (Phi) is 1.78. The highest BCUT2D eigenvalue weighted by Crippen LogP contribution is 2.23. The van der Waals surface area contributed by atoms with Crippen LogP contribution in [0.1, 0.15) is 0 Å². The summed E-state index contributed by atoms with van der Waals surface area (Å²) in [5, 5.41) is 24.7. The molecule has 0 aliphatic carbocycles. The summed E-state index contributed by atoms with van der Waals surface area (Å²) in [6.45, 7) is 0. The first kappa shape index (κ1) is 8.99. The molecule has 0 fully saturated rings. The van der Waals surface area contributed by atoms with Crippen LogP contribution in [0.25, 0.3) is 5.65 Å². The molecule has 0 aliphatic heterocycles. The van der Waals surface area contributed by atoms with Crippen molar-refractivity contribution in [3.05, 3.63) is 38.8 Å². The molecule has 9 heteroatoms. The highest BCUT2D eigenvalue weighted by Gasteiger charge is 2.20. The van der Waals surface area contributed by atoms with Gasteiger partial charge in [0.05, 0.1) is 15.9 Å². The Bertz CT molecular complexity index is 562. The van der Waals surface area contributed by atoms with E-state index in [9.17, 15) is 20.2 Å². The lowest BCUT2D eigenvalue weighted by Gasteiger charge is -1.94. The number of pyridine rings is 1. The Hall–Kier alpha value is -2.58. The Morgan fingerprint density at radius 2 is 2.00 bits per heavy atom. The maximum Gasteiger partial charge on any atom is 0.320 e. The van der Waals surface area contributed by atoms with Crippen molar-refractivity contribution < 1.29 is 9.85 Å². The number of rotatable bonds is 2. The van der Waals surface area contributed by atoms with Gasteiger partial charge in [-0.2, -0.15) is 5.10 Å². The molecule has 0 saturated heterocycles. The van der Waals surface area contributed by atoms with Gasteiger partial charge >= 0.3 is 5.69 Å². The molecule has 0 bridgehead atoms. The fraction of sp³-hybridized carbons (Fsp3) is 0. The van der Waals surface area contributed by atoms with Gasteiger partial charge in [-0.3, -0.25) is 20.2 Å². The maximum absolute atomic E-state index is 10.6. The highest BCUT2D eigenvalue weighted by atomic mass is 16.6. The lowest BCUT2D eigenvalue weighted by Crippen LogP contribution is -1.98. The van der Waals surface area contributed by atoms with E-state index >= 15 is 0 Å². The van der Waals surface area contributed by atoms with Gasteiger partial charge in [0.15, 0.2) is 0 Å². The summed E-state index contributed by atoms with van der Waals surface area (Å²) < 4.78 is 0.996. The fourth-order valence-corrected chi connectivity index (χ4v) is 1.13. The quantitative estimate of drug-likeness (QED) is 0.526. The summed E-state index contributed by atoms with van der Waals surface area (Å²) in [5.74, 6) is 0. The molecule has 2 heterocycles.